The van der Waals surface area contributed by atoms with Gasteiger partial charge in [0, 0.05) is 26.2 Å². The Morgan fingerprint density at radius 1 is 1.62 bits per heavy atom. The number of nitrogens with one attached hydrogen (secondary N) is 1. The zero-order valence-corrected chi connectivity index (χ0v) is 13.1. The summed E-state index contributed by atoms with van der Waals surface area (Å²) in [5.41, 5.74) is 0.399. The second-order valence-electron chi connectivity index (χ2n) is 5.21. The Hall–Kier alpha value is -1.86. The van der Waals surface area contributed by atoms with E-state index < -0.39 is 5.60 Å². The average molecular weight is 309 g/mol. The number of aliphatic hydroxyl groups is 1. The Balaban J connectivity index is 1.96. The Morgan fingerprint density at radius 2 is 2.38 bits per heavy atom. The summed E-state index contributed by atoms with van der Waals surface area (Å²) in [5.74, 6) is -0.0435. The van der Waals surface area contributed by atoms with E-state index in [1.807, 2.05) is 16.8 Å². The number of carbonyl (C=O) groups is 1. The third kappa shape index (κ3) is 4.05. The molecule has 2 N–H and O–H groups in total. The molecule has 114 valence electrons. The van der Waals surface area contributed by atoms with Gasteiger partial charge in [0.25, 0.3) is 5.91 Å². The average Bonchev–Trinajstić information content (AvgIpc) is 3.04. The van der Waals surface area contributed by atoms with E-state index in [2.05, 4.69) is 10.4 Å². The normalized spacial score (nSPS) is 13.7. The molecule has 7 heteroatoms. The zero-order valence-electron chi connectivity index (χ0n) is 12.3. The van der Waals surface area contributed by atoms with E-state index in [1.165, 1.54) is 11.8 Å². The molecule has 0 aliphatic heterocycles. The van der Waals surface area contributed by atoms with E-state index in [4.69, 9.17) is 4.74 Å². The van der Waals surface area contributed by atoms with E-state index in [9.17, 15) is 9.90 Å². The summed E-state index contributed by atoms with van der Waals surface area (Å²) in [4.78, 5) is 12.1. The molecule has 0 fully saturated rings. The number of hydrogen-bond donors (Lipinski definition) is 2. The molecule has 0 saturated carbocycles. The Kier molecular flexibility index (Phi) is 4.64. The van der Waals surface area contributed by atoms with Gasteiger partial charge in [-0.05, 0) is 29.3 Å². The highest BCUT2D eigenvalue weighted by atomic mass is 32.1. The van der Waals surface area contributed by atoms with Crippen LogP contribution in [0.5, 0.6) is 5.88 Å². The molecule has 1 unspecified atom stereocenters. The third-order valence-corrected chi connectivity index (χ3v) is 3.76. The fraction of sp³-hybridized carbons (Fsp3) is 0.429. The standard InChI is InChI=1S/C14H19N3O3S/c1-14(19,6-10-4-5-21-8-10)9-15-12(18)11-7-17(2)16-13(11)20-3/h4-5,7-8,19H,6,9H2,1-3H3,(H,15,18). The fourth-order valence-corrected chi connectivity index (χ4v) is 2.70. The molecule has 2 aromatic rings. The minimum atomic E-state index is -1.01. The van der Waals surface area contributed by atoms with Gasteiger partial charge in [-0.15, -0.1) is 5.10 Å². The molecule has 0 aliphatic rings. The summed E-state index contributed by atoms with van der Waals surface area (Å²) >= 11 is 1.58. The van der Waals surface area contributed by atoms with Crippen molar-refractivity contribution in [2.24, 2.45) is 7.05 Å². The smallest absolute Gasteiger partial charge is 0.258 e. The Bertz CT molecular complexity index is 605. The Labute approximate surface area is 127 Å². The first-order valence-corrected chi connectivity index (χ1v) is 7.45. The highest BCUT2D eigenvalue weighted by Crippen LogP contribution is 2.17. The molecule has 2 heterocycles. The van der Waals surface area contributed by atoms with Gasteiger partial charge in [0.2, 0.25) is 5.88 Å². The summed E-state index contributed by atoms with van der Waals surface area (Å²) in [7, 11) is 3.18. The molecule has 1 atom stereocenters. The minimum Gasteiger partial charge on any atom is -0.479 e. The van der Waals surface area contributed by atoms with Crippen LogP contribution in [0, 0.1) is 0 Å². The van der Waals surface area contributed by atoms with Crippen molar-refractivity contribution in [1.29, 1.82) is 0 Å². The number of methoxy groups -OCH3 is 1. The van der Waals surface area contributed by atoms with Crippen molar-refractivity contribution < 1.29 is 14.6 Å². The predicted molar refractivity (Wildman–Crippen MR) is 80.7 cm³/mol. The highest BCUT2D eigenvalue weighted by Gasteiger charge is 2.24. The molecular formula is C14H19N3O3S. The van der Waals surface area contributed by atoms with Crippen LogP contribution in [-0.2, 0) is 13.5 Å². The molecule has 21 heavy (non-hydrogen) atoms. The maximum atomic E-state index is 12.1. The summed E-state index contributed by atoms with van der Waals surface area (Å²) in [5, 5.41) is 21.0. The van der Waals surface area contributed by atoms with Gasteiger partial charge in [0.1, 0.15) is 5.56 Å². The molecule has 0 aromatic carbocycles. The van der Waals surface area contributed by atoms with E-state index in [0.29, 0.717) is 12.0 Å². The van der Waals surface area contributed by atoms with Gasteiger partial charge in [0.15, 0.2) is 0 Å². The van der Waals surface area contributed by atoms with E-state index >= 15 is 0 Å². The van der Waals surface area contributed by atoms with Crippen LogP contribution in [0.15, 0.2) is 23.0 Å². The first-order valence-electron chi connectivity index (χ1n) is 6.50. The van der Waals surface area contributed by atoms with Crippen molar-refractivity contribution in [3.05, 3.63) is 34.2 Å². The van der Waals surface area contributed by atoms with Crippen molar-refractivity contribution in [1.82, 2.24) is 15.1 Å². The maximum absolute atomic E-state index is 12.1. The van der Waals surface area contributed by atoms with Crippen molar-refractivity contribution in [3.8, 4) is 5.88 Å². The summed E-state index contributed by atoms with van der Waals surface area (Å²) in [6.45, 7) is 1.85. The van der Waals surface area contributed by atoms with E-state index in [-0.39, 0.29) is 18.3 Å². The van der Waals surface area contributed by atoms with Gasteiger partial charge < -0.3 is 15.2 Å². The molecule has 0 radical (unpaired) electrons. The van der Waals surface area contributed by atoms with Crippen LogP contribution < -0.4 is 10.1 Å². The van der Waals surface area contributed by atoms with Gasteiger partial charge in [-0.2, -0.15) is 11.3 Å². The van der Waals surface area contributed by atoms with Crippen molar-refractivity contribution in [2.75, 3.05) is 13.7 Å². The first kappa shape index (κ1) is 15.5. The number of rotatable bonds is 6. The van der Waals surface area contributed by atoms with Gasteiger partial charge in [-0.1, -0.05) is 0 Å². The topological polar surface area (TPSA) is 76.4 Å². The van der Waals surface area contributed by atoms with Crippen LogP contribution in [0.3, 0.4) is 0 Å². The predicted octanol–water partition coefficient (Wildman–Crippen LogP) is 1.21. The number of nitrogens with zero attached hydrogens (tertiary/aromatic N) is 2. The van der Waals surface area contributed by atoms with Crippen LogP contribution in [0.2, 0.25) is 0 Å². The molecule has 0 bridgehead atoms. The fourth-order valence-electron chi connectivity index (χ4n) is 2.04. The quantitative estimate of drug-likeness (QED) is 0.841. The maximum Gasteiger partial charge on any atom is 0.258 e. The van der Waals surface area contributed by atoms with Gasteiger partial charge >= 0.3 is 0 Å². The van der Waals surface area contributed by atoms with E-state index in [0.717, 1.165) is 5.56 Å². The molecule has 0 saturated heterocycles. The monoisotopic (exact) mass is 309 g/mol. The van der Waals surface area contributed by atoms with E-state index in [1.54, 1.807) is 31.5 Å². The summed E-state index contributed by atoms with van der Waals surface area (Å²) in [6, 6.07) is 1.96. The number of ether oxygens (including phenoxy) is 1. The van der Waals surface area contributed by atoms with Gasteiger partial charge in [-0.25, -0.2) is 0 Å². The number of aryl methyl sites for hydroxylation is 1. The number of amides is 1. The summed E-state index contributed by atoms with van der Waals surface area (Å²) < 4.78 is 6.56. The molecule has 2 rings (SSSR count). The lowest BCUT2D eigenvalue weighted by atomic mass is 9.98. The van der Waals surface area contributed by atoms with Gasteiger partial charge in [0.05, 0.1) is 12.7 Å². The molecular weight excluding hydrogens is 290 g/mol. The lowest BCUT2D eigenvalue weighted by Gasteiger charge is -2.23. The van der Waals surface area contributed by atoms with Crippen LogP contribution >= 0.6 is 11.3 Å². The number of carbonyl (C=O) groups excluding carboxylic acids is 1. The van der Waals surface area contributed by atoms with Crippen molar-refractivity contribution >= 4 is 17.2 Å². The number of aromatic nitrogens is 2. The summed E-state index contributed by atoms with van der Waals surface area (Å²) in [6.07, 6.45) is 2.07. The SMILES string of the molecule is COc1nn(C)cc1C(=O)NCC(C)(O)Cc1ccsc1. The number of hydrogen-bond acceptors (Lipinski definition) is 5. The second-order valence-corrected chi connectivity index (χ2v) is 5.99. The molecule has 6 nitrogen and oxygen atoms in total. The van der Waals surface area contributed by atoms with Crippen LogP contribution in [0.4, 0.5) is 0 Å². The second kappa shape index (κ2) is 6.28. The van der Waals surface area contributed by atoms with Crippen LogP contribution in [0.25, 0.3) is 0 Å². The van der Waals surface area contributed by atoms with Crippen molar-refractivity contribution in [2.45, 2.75) is 18.9 Å². The van der Waals surface area contributed by atoms with Crippen LogP contribution in [0.1, 0.15) is 22.8 Å². The minimum absolute atomic E-state index is 0.153. The lowest BCUT2D eigenvalue weighted by Crippen LogP contribution is -2.42. The molecule has 0 aliphatic carbocycles. The first-order chi connectivity index (χ1) is 9.91. The third-order valence-electron chi connectivity index (χ3n) is 3.03. The largest absolute Gasteiger partial charge is 0.479 e. The molecule has 2 aromatic heterocycles. The van der Waals surface area contributed by atoms with Crippen LogP contribution in [-0.4, -0.2) is 40.0 Å². The number of thiophene rings is 1. The molecule has 0 spiro atoms. The Morgan fingerprint density at radius 3 is 3.00 bits per heavy atom. The molecule has 1 amide bonds. The lowest BCUT2D eigenvalue weighted by molar-refractivity contribution is 0.0552. The zero-order chi connectivity index (χ0) is 15.5. The van der Waals surface area contributed by atoms with Crippen molar-refractivity contribution in [3.63, 3.8) is 0 Å². The van der Waals surface area contributed by atoms with Gasteiger partial charge in [-0.3, -0.25) is 9.48 Å². The highest BCUT2D eigenvalue weighted by molar-refractivity contribution is 7.07.